The normalized spacial score (nSPS) is 22.2. The molecule has 3 saturated heterocycles. The molecule has 2 N–H and O–H groups in total. The number of carbonyl (C=O) groups excluding carboxylic acids is 3. The number of nitrogens with zero attached hydrogens (tertiary/aromatic N) is 6. The highest BCUT2D eigenvalue weighted by molar-refractivity contribution is 7.13. The van der Waals surface area contributed by atoms with E-state index in [4.69, 9.17) is 19.2 Å². The van der Waals surface area contributed by atoms with Gasteiger partial charge in [0.2, 0.25) is 5.88 Å². The number of aromatic nitrogens is 3. The number of carbonyl (C=O) groups is 3. The number of amides is 2. The molecule has 0 atom stereocenters. The highest BCUT2D eigenvalue weighted by Crippen LogP contribution is 2.47. The molecule has 0 radical (unpaired) electrons. The van der Waals surface area contributed by atoms with Gasteiger partial charge in [-0.15, -0.1) is 11.3 Å². The Bertz CT molecular complexity index is 2310. The fourth-order valence-electron chi connectivity index (χ4n) is 10.6. The molecule has 3 fully saturated rings. The second kappa shape index (κ2) is 18.2. The van der Waals surface area contributed by atoms with E-state index in [0.717, 1.165) is 5.38 Å². The number of nitrogens with one attached hydrogen (secondary N) is 2. The molecule has 2 amide bonds. The predicted molar refractivity (Wildman–Crippen MR) is 255 cm³/mol. The van der Waals surface area contributed by atoms with Crippen molar-refractivity contribution in [2.45, 2.75) is 186 Å². The van der Waals surface area contributed by atoms with Crippen LogP contribution in [0.15, 0.2) is 23.8 Å². The van der Waals surface area contributed by atoms with Crippen LogP contribution in [0.5, 0.6) is 5.88 Å². The summed E-state index contributed by atoms with van der Waals surface area (Å²) in [4.78, 5) is 62.8. The summed E-state index contributed by atoms with van der Waals surface area (Å²) in [5.74, 6) is -1.80. The Morgan fingerprint density at radius 3 is 1.61 bits per heavy atom. The van der Waals surface area contributed by atoms with Crippen molar-refractivity contribution in [3.05, 3.63) is 40.7 Å². The number of likely N-dealkylation sites (tertiary alicyclic amines) is 3. The molecule has 370 valence electrons. The molecule has 3 aliphatic heterocycles. The SMILES string of the molecule is CCNC(=O)Nc1ncc(-c2cc(C(=O)OC3CC(C)(C)N(C)C(C)(C)C3)cnc2OC2CC(C)(C)N(C)C(C)(C)C2)c(-c2nc(C(F)(F)F)cs2)c1C(=O)OC1CC(C)(C)N(C)C(C)(C)C1. The van der Waals surface area contributed by atoms with Gasteiger partial charge >= 0.3 is 24.1 Å². The number of pyridine rings is 2. The van der Waals surface area contributed by atoms with Crippen LogP contribution >= 0.6 is 11.3 Å². The van der Waals surface area contributed by atoms with Gasteiger partial charge in [-0.05, 0) is 117 Å². The molecule has 3 aliphatic rings. The zero-order chi connectivity index (χ0) is 50.0. The van der Waals surface area contributed by atoms with Crippen LogP contribution in [0.3, 0.4) is 0 Å². The first-order chi connectivity index (χ1) is 30.7. The fraction of sp³-hybridized carbons (Fsp3) is 0.673. The number of piperidine rings is 3. The number of anilines is 1. The Morgan fingerprint density at radius 2 is 1.16 bits per heavy atom. The highest BCUT2D eigenvalue weighted by atomic mass is 32.1. The Morgan fingerprint density at radius 1 is 0.701 bits per heavy atom. The van der Waals surface area contributed by atoms with E-state index in [9.17, 15) is 22.8 Å². The van der Waals surface area contributed by atoms with Crippen LogP contribution in [0.2, 0.25) is 0 Å². The van der Waals surface area contributed by atoms with Gasteiger partial charge in [0.25, 0.3) is 0 Å². The van der Waals surface area contributed by atoms with Crippen LogP contribution in [-0.2, 0) is 15.7 Å². The van der Waals surface area contributed by atoms with Crippen LogP contribution in [0, 0.1) is 0 Å². The molecule has 0 unspecified atom stereocenters. The number of esters is 2. The van der Waals surface area contributed by atoms with Crippen molar-refractivity contribution in [3.8, 4) is 27.6 Å². The molecule has 6 rings (SSSR count). The fourth-order valence-corrected chi connectivity index (χ4v) is 11.5. The maximum Gasteiger partial charge on any atom is 0.434 e. The second-order valence-corrected chi connectivity index (χ2v) is 23.3. The molecule has 18 heteroatoms. The highest BCUT2D eigenvalue weighted by Gasteiger charge is 2.48. The summed E-state index contributed by atoms with van der Waals surface area (Å²) >= 11 is 0.664. The molecule has 3 aromatic rings. The predicted octanol–water partition coefficient (Wildman–Crippen LogP) is 10.1. The number of halogens is 3. The van der Waals surface area contributed by atoms with Crippen LogP contribution < -0.4 is 15.4 Å². The van der Waals surface area contributed by atoms with Crippen molar-refractivity contribution < 1.29 is 41.8 Å². The second-order valence-electron chi connectivity index (χ2n) is 22.4. The van der Waals surface area contributed by atoms with Gasteiger partial charge in [0.05, 0.1) is 5.56 Å². The minimum atomic E-state index is -4.83. The minimum Gasteiger partial charge on any atom is -0.474 e. The molecule has 0 saturated carbocycles. The molecule has 0 aliphatic carbocycles. The largest absolute Gasteiger partial charge is 0.474 e. The Hall–Kier alpha value is -4.39. The molecule has 14 nitrogen and oxygen atoms in total. The third-order valence-corrected chi connectivity index (χ3v) is 15.7. The Labute approximate surface area is 398 Å². The first kappa shape index (κ1) is 52.0. The van der Waals surface area contributed by atoms with Gasteiger partial charge in [0.15, 0.2) is 5.69 Å². The van der Waals surface area contributed by atoms with Crippen LogP contribution in [-0.4, -0.2) is 127 Å². The summed E-state index contributed by atoms with van der Waals surface area (Å²) in [6.45, 7) is 27.0. The molecule has 67 heavy (non-hydrogen) atoms. The van der Waals surface area contributed by atoms with Crippen LogP contribution in [0.4, 0.5) is 23.8 Å². The van der Waals surface area contributed by atoms with E-state index in [0.29, 0.717) is 49.9 Å². The van der Waals surface area contributed by atoms with E-state index in [1.165, 1.54) is 18.5 Å². The van der Waals surface area contributed by atoms with E-state index in [-0.39, 0.29) is 73.2 Å². The number of hydrogen-bond donors (Lipinski definition) is 2. The average molecular weight is 957 g/mol. The number of hydrogen-bond acceptors (Lipinski definition) is 13. The zero-order valence-corrected chi connectivity index (χ0v) is 43.0. The van der Waals surface area contributed by atoms with Gasteiger partial charge in [-0.1, -0.05) is 0 Å². The number of thiazole rings is 1. The van der Waals surface area contributed by atoms with Gasteiger partial charge in [-0.25, -0.2) is 29.3 Å². The molecule has 0 bridgehead atoms. The lowest BCUT2D eigenvalue weighted by molar-refractivity contribution is -0.140. The van der Waals surface area contributed by atoms with Gasteiger partial charge in [0.1, 0.15) is 34.7 Å². The summed E-state index contributed by atoms with van der Waals surface area (Å²) in [6, 6.07) is 0.816. The van der Waals surface area contributed by atoms with E-state index in [1.54, 1.807) is 6.92 Å². The van der Waals surface area contributed by atoms with E-state index >= 15 is 4.79 Å². The molecule has 0 spiro atoms. The van der Waals surface area contributed by atoms with Gasteiger partial charge in [-0.3, -0.25) is 20.0 Å². The van der Waals surface area contributed by atoms with Crippen molar-refractivity contribution >= 4 is 35.1 Å². The molecular weight excluding hydrogens is 886 g/mol. The number of urea groups is 1. The maximum absolute atomic E-state index is 15.0. The number of alkyl halides is 3. The van der Waals surface area contributed by atoms with E-state index < -0.39 is 59.2 Å². The molecular formula is C49H71F3N8O6S. The topological polar surface area (TPSA) is 151 Å². The van der Waals surface area contributed by atoms with Crippen molar-refractivity contribution in [2.24, 2.45) is 0 Å². The number of ether oxygens (including phenoxy) is 3. The molecule has 0 aromatic carbocycles. The molecule has 6 heterocycles. The minimum absolute atomic E-state index is 0.0476. The quantitative estimate of drug-likeness (QED) is 0.186. The van der Waals surface area contributed by atoms with Gasteiger partial charge < -0.3 is 19.5 Å². The number of rotatable bonds is 10. The smallest absolute Gasteiger partial charge is 0.434 e. The summed E-state index contributed by atoms with van der Waals surface area (Å²) in [5, 5.41) is 5.93. The average Bonchev–Trinajstić information content (AvgIpc) is 3.69. The first-order valence-electron chi connectivity index (χ1n) is 23.1. The summed E-state index contributed by atoms with van der Waals surface area (Å²) in [5.41, 5.74) is -3.36. The van der Waals surface area contributed by atoms with Gasteiger partial charge in [0, 0.05) is 113 Å². The van der Waals surface area contributed by atoms with Crippen molar-refractivity contribution in [2.75, 3.05) is 33.0 Å². The van der Waals surface area contributed by atoms with Crippen molar-refractivity contribution in [1.82, 2.24) is 35.0 Å². The summed E-state index contributed by atoms with van der Waals surface area (Å²) < 4.78 is 62.7. The first-order valence-corrected chi connectivity index (χ1v) is 24.0. The summed E-state index contributed by atoms with van der Waals surface area (Å²) in [6.07, 6.45) is -0.418. The lowest BCUT2D eigenvalue weighted by Crippen LogP contribution is -2.60. The zero-order valence-electron chi connectivity index (χ0n) is 42.2. The molecule has 3 aromatic heterocycles. The third-order valence-electron chi connectivity index (χ3n) is 14.9. The lowest BCUT2D eigenvalue weighted by atomic mass is 9.78. The third kappa shape index (κ3) is 10.9. The van der Waals surface area contributed by atoms with E-state index in [1.807, 2.05) is 34.7 Å². The van der Waals surface area contributed by atoms with Crippen LogP contribution in [0.25, 0.3) is 21.7 Å². The van der Waals surface area contributed by atoms with Crippen LogP contribution in [0.1, 0.15) is 155 Å². The maximum atomic E-state index is 15.0. The Kier molecular flexibility index (Phi) is 14.1. The van der Waals surface area contributed by atoms with E-state index in [2.05, 4.69) is 105 Å². The van der Waals surface area contributed by atoms with Crippen molar-refractivity contribution in [3.63, 3.8) is 0 Å². The standard InChI is InChI=1S/C49H71F3N8O6S/c1-17-53-42(63)57-37-36(41(62)66-31-23-47(10,11)60(16)48(12,13)24-31)35(39-56-34(27-67-39)49(50,51)52)33(26-54-37)32-18-28(40(61)65-30-21-45(6,7)59(15)46(8,9)22-30)25-55-38(32)64-29-19-43(2,3)58(14)44(4,5)20-29/h18,25-27,29-31H,17,19-24H2,1-16H3,(H2,53,54,57,63). The monoisotopic (exact) mass is 957 g/mol. The van der Waals surface area contributed by atoms with Crippen molar-refractivity contribution in [1.29, 1.82) is 0 Å². The lowest BCUT2D eigenvalue weighted by Gasteiger charge is -2.53. The van der Waals surface area contributed by atoms with Gasteiger partial charge in [-0.2, -0.15) is 13.2 Å². The summed E-state index contributed by atoms with van der Waals surface area (Å²) in [7, 11) is 6.14. The Balaban J connectivity index is 1.58.